The highest BCUT2D eigenvalue weighted by Gasteiger charge is 2.17. The van der Waals surface area contributed by atoms with Crippen molar-refractivity contribution in [2.45, 2.75) is 26.5 Å². The molecule has 0 unspecified atom stereocenters. The summed E-state index contributed by atoms with van der Waals surface area (Å²) in [5.74, 6) is -0.592. The number of aryl methyl sites for hydroxylation is 1. The molecule has 2 N–H and O–H groups in total. The first-order valence-corrected chi connectivity index (χ1v) is 7.58. The number of pyridine rings is 1. The number of aliphatic hydroxyl groups excluding tert-OH is 1. The van der Waals surface area contributed by atoms with E-state index in [0.29, 0.717) is 17.1 Å². The van der Waals surface area contributed by atoms with Crippen LogP contribution < -0.4 is 5.32 Å². The van der Waals surface area contributed by atoms with Crippen molar-refractivity contribution in [1.82, 2.24) is 4.98 Å². The number of carbonyl (C=O) groups is 1. The van der Waals surface area contributed by atoms with Gasteiger partial charge in [0.1, 0.15) is 0 Å². The predicted molar refractivity (Wildman–Crippen MR) is 91.4 cm³/mol. The van der Waals surface area contributed by atoms with Crippen molar-refractivity contribution in [3.05, 3.63) is 63.0 Å². The number of benzene rings is 1. The molecule has 25 heavy (non-hydrogen) atoms. The van der Waals surface area contributed by atoms with Gasteiger partial charge in [0, 0.05) is 23.4 Å². The Balaban J connectivity index is 2.27. The van der Waals surface area contributed by atoms with Crippen molar-refractivity contribution in [3.63, 3.8) is 0 Å². The molecule has 0 aliphatic carbocycles. The van der Waals surface area contributed by atoms with E-state index in [9.17, 15) is 20.0 Å². The summed E-state index contributed by atoms with van der Waals surface area (Å²) in [6.45, 7) is 3.71. The number of ether oxygens (including phenoxy) is 1. The van der Waals surface area contributed by atoms with Gasteiger partial charge in [-0.05, 0) is 26.0 Å². The van der Waals surface area contributed by atoms with Crippen LogP contribution in [0.1, 0.15) is 40.3 Å². The molecule has 0 aliphatic rings. The minimum Gasteiger partial charge on any atom is -0.465 e. The normalized spacial score (nSPS) is 11.7. The Bertz CT molecular complexity index is 805. The molecule has 1 aromatic carbocycles. The zero-order chi connectivity index (χ0) is 18.6. The second-order valence-electron chi connectivity index (χ2n) is 5.49. The Hall–Kier alpha value is -3.00. The van der Waals surface area contributed by atoms with E-state index in [1.165, 1.54) is 25.3 Å². The van der Waals surface area contributed by atoms with Gasteiger partial charge in [0.2, 0.25) is 0 Å². The second kappa shape index (κ2) is 7.71. The van der Waals surface area contributed by atoms with Crippen LogP contribution in [0.15, 0.2) is 30.3 Å². The van der Waals surface area contributed by atoms with Crippen molar-refractivity contribution in [2.75, 3.05) is 12.4 Å². The fraction of sp³-hybridized carbons (Fsp3) is 0.294. The molecule has 0 amide bonds. The van der Waals surface area contributed by atoms with E-state index in [1.807, 2.05) is 0 Å². The number of carbonyl (C=O) groups excluding carboxylic acids is 1. The molecule has 0 saturated carbocycles. The largest absolute Gasteiger partial charge is 0.465 e. The van der Waals surface area contributed by atoms with E-state index < -0.39 is 17.0 Å². The van der Waals surface area contributed by atoms with Crippen LogP contribution in [0, 0.1) is 17.0 Å². The molecule has 2 rings (SSSR count). The number of anilines is 1. The molecule has 1 heterocycles. The zero-order valence-electron chi connectivity index (χ0n) is 14.1. The first-order chi connectivity index (χ1) is 11.8. The van der Waals surface area contributed by atoms with Gasteiger partial charge >= 0.3 is 5.97 Å². The lowest BCUT2D eigenvalue weighted by Gasteiger charge is -2.13. The highest BCUT2D eigenvalue weighted by atomic mass is 16.6. The van der Waals surface area contributed by atoms with E-state index >= 15 is 0 Å². The summed E-state index contributed by atoms with van der Waals surface area (Å²) in [5, 5.41) is 23.6. The van der Waals surface area contributed by atoms with Gasteiger partial charge in [-0.2, -0.15) is 0 Å². The monoisotopic (exact) mass is 345 g/mol. The fourth-order valence-electron chi connectivity index (χ4n) is 2.43. The number of methoxy groups -OCH3 is 1. The molecular weight excluding hydrogens is 326 g/mol. The van der Waals surface area contributed by atoms with Gasteiger partial charge in [0.15, 0.2) is 0 Å². The van der Waals surface area contributed by atoms with Gasteiger partial charge in [-0.15, -0.1) is 0 Å². The molecule has 8 heteroatoms. The van der Waals surface area contributed by atoms with Crippen molar-refractivity contribution >= 4 is 17.3 Å². The van der Waals surface area contributed by atoms with Crippen molar-refractivity contribution in [2.24, 2.45) is 0 Å². The van der Waals surface area contributed by atoms with E-state index in [4.69, 9.17) is 4.74 Å². The molecule has 2 aromatic rings. The van der Waals surface area contributed by atoms with Gasteiger partial charge in [0.05, 0.1) is 41.6 Å². The van der Waals surface area contributed by atoms with Crippen LogP contribution in [0.4, 0.5) is 11.4 Å². The maximum Gasteiger partial charge on any atom is 0.339 e. The van der Waals surface area contributed by atoms with Crippen LogP contribution >= 0.6 is 0 Å². The summed E-state index contributed by atoms with van der Waals surface area (Å²) in [7, 11) is 1.24. The molecule has 0 aliphatic heterocycles. The van der Waals surface area contributed by atoms with E-state index in [2.05, 4.69) is 10.3 Å². The van der Waals surface area contributed by atoms with Crippen LogP contribution in [0.25, 0.3) is 0 Å². The lowest BCUT2D eigenvalue weighted by atomic mass is 10.1. The standard InChI is InChI=1S/C17H19N3O5/c1-10-14(11(2)21)6-4-12(19-10)9-18-16-8-13(20(23)24)5-7-15(16)17(22)25-3/h4-8,11,18,21H,9H2,1-3H3/t11-/m1/s1. The van der Waals surface area contributed by atoms with E-state index in [0.717, 1.165) is 5.56 Å². The number of non-ortho nitro benzene ring substituents is 1. The van der Waals surface area contributed by atoms with Gasteiger partial charge < -0.3 is 15.2 Å². The Morgan fingerprint density at radius 1 is 1.40 bits per heavy atom. The quantitative estimate of drug-likeness (QED) is 0.470. The number of hydrogen-bond acceptors (Lipinski definition) is 7. The number of aromatic nitrogens is 1. The summed E-state index contributed by atoms with van der Waals surface area (Å²) in [5.41, 5.74) is 2.45. The molecular formula is C17H19N3O5. The van der Waals surface area contributed by atoms with Crippen molar-refractivity contribution < 1.29 is 19.6 Å². The summed E-state index contributed by atoms with van der Waals surface area (Å²) < 4.78 is 4.70. The molecule has 8 nitrogen and oxygen atoms in total. The highest BCUT2D eigenvalue weighted by Crippen LogP contribution is 2.24. The number of nitrogens with one attached hydrogen (secondary N) is 1. The van der Waals surface area contributed by atoms with Crippen LogP contribution in [-0.4, -0.2) is 28.1 Å². The first kappa shape index (κ1) is 18.3. The first-order valence-electron chi connectivity index (χ1n) is 7.58. The third kappa shape index (κ3) is 4.30. The number of esters is 1. The molecule has 0 saturated heterocycles. The Labute approximate surface area is 144 Å². The van der Waals surface area contributed by atoms with E-state index in [1.54, 1.807) is 26.0 Å². The molecule has 1 aromatic heterocycles. The maximum atomic E-state index is 11.8. The van der Waals surface area contributed by atoms with Gasteiger partial charge in [-0.1, -0.05) is 6.07 Å². The zero-order valence-corrected chi connectivity index (χ0v) is 14.1. The lowest BCUT2D eigenvalue weighted by Crippen LogP contribution is -2.10. The number of nitrogens with zero attached hydrogens (tertiary/aromatic N) is 2. The molecule has 1 atom stereocenters. The summed E-state index contributed by atoms with van der Waals surface area (Å²) in [6.07, 6.45) is -0.614. The minimum atomic E-state index is -0.614. The molecule has 0 spiro atoms. The SMILES string of the molecule is COC(=O)c1ccc([N+](=O)[O-])cc1NCc1ccc([C@@H](C)O)c(C)n1. The van der Waals surface area contributed by atoms with Crippen molar-refractivity contribution in [1.29, 1.82) is 0 Å². The average molecular weight is 345 g/mol. The third-order valence-corrected chi connectivity index (χ3v) is 3.71. The smallest absolute Gasteiger partial charge is 0.339 e. The number of nitro benzene ring substituents is 1. The number of hydrogen-bond donors (Lipinski definition) is 2. The summed E-state index contributed by atoms with van der Waals surface area (Å²) in [6, 6.07) is 7.40. The molecule has 132 valence electrons. The van der Waals surface area contributed by atoms with Gasteiger partial charge in [-0.25, -0.2) is 4.79 Å². The molecule has 0 radical (unpaired) electrons. The molecule has 0 fully saturated rings. The van der Waals surface area contributed by atoms with E-state index in [-0.39, 0.29) is 17.8 Å². The van der Waals surface area contributed by atoms with Gasteiger partial charge in [0.25, 0.3) is 5.69 Å². The predicted octanol–water partition coefficient (Wildman–Crippen LogP) is 2.75. The highest BCUT2D eigenvalue weighted by molar-refractivity contribution is 5.96. The Morgan fingerprint density at radius 2 is 2.12 bits per heavy atom. The Morgan fingerprint density at radius 3 is 2.68 bits per heavy atom. The van der Waals surface area contributed by atoms with Crippen LogP contribution in [0.2, 0.25) is 0 Å². The number of rotatable bonds is 6. The Kier molecular flexibility index (Phi) is 5.66. The average Bonchev–Trinajstić information content (AvgIpc) is 2.58. The van der Waals surface area contributed by atoms with Crippen molar-refractivity contribution in [3.8, 4) is 0 Å². The van der Waals surface area contributed by atoms with Crippen LogP contribution in [-0.2, 0) is 11.3 Å². The topological polar surface area (TPSA) is 115 Å². The number of nitro groups is 1. The van der Waals surface area contributed by atoms with Crippen LogP contribution in [0.5, 0.6) is 0 Å². The second-order valence-corrected chi connectivity index (χ2v) is 5.49. The van der Waals surface area contributed by atoms with Crippen LogP contribution in [0.3, 0.4) is 0 Å². The third-order valence-electron chi connectivity index (χ3n) is 3.71. The number of aliphatic hydroxyl groups is 1. The molecule has 0 bridgehead atoms. The summed E-state index contributed by atoms with van der Waals surface area (Å²) >= 11 is 0. The maximum absolute atomic E-state index is 11.8. The fourth-order valence-corrected chi connectivity index (χ4v) is 2.43. The van der Waals surface area contributed by atoms with Gasteiger partial charge in [-0.3, -0.25) is 15.1 Å². The minimum absolute atomic E-state index is 0.135. The summed E-state index contributed by atoms with van der Waals surface area (Å²) in [4.78, 5) is 26.6. The lowest BCUT2D eigenvalue weighted by molar-refractivity contribution is -0.384.